The number of hydrogen-bond donors (Lipinski definition) is 4. The zero-order chi connectivity index (χ0) is 59.9. The van der Waals surface area contributed by atoms with Crippen molar-refractivity contribution in [2.24, 2.45) is 0 Å². The van der Waals surface area contributed by atoms with E-state index in [9.17, 15) is 60.0 Å². The molecular weight excluding hydrogens is 1240 g/mol. The number of hydrogen-bond acceptors (Lipinski definition) is 21. The molecule has 4 aromatic rings. The number of non-ortho nitro benzene ring substituents is 3. The highest BCUT2D eigenvalue weighted by molar-refractivity contribution is 7.91. The third-order valence-corrected chi connectivity index (χ3v) is 16.7. The lowest BCUT2D eigenvalue weighted by Crippen LogP contribution is -2.35. The zero-order valence-electron chi connectivity index (χ0n) is 49.1. The number of alkyl halides is 1. The fraction of sp³-hybridized carbons (Fsp3) is 0.547. The summed E-state index contributed by atoms with van der Waals surface area (Å²) in [5, 5.41) is 41.6. The third-order valence-electron chi connectivity index (χ3n) is 13.9. The molecule has 24 nitrogen and oxygen atoms in total. The van der Waals surface area contributed by atoms with E-state index in [2.05, 4.69) is 47.5 Å². The Balaban J connectivity index is 0. The molecule has 32 heteroatoms. The highest BCUT2D eigenvalue weighted by Gasteiger charge is 2.28. The number of sulfone groups is 3. The van der Waals surface area contributed by atoms with Gasteiger partial charge in [-0.05, 0) is 92.9 Å². The Hall–Kier alpha value is -4.90. The molecule has 85 heavy (non-hydrogen) atoms. The summed E-state index contributed by atoms with van der Waals surface area (Å²) in [4.78, 5) is 41.3. The minimum atomic E-state index is -2.93. The Morgan fingerprint density at radius 1 is 0.565 bits per heavy atom. The fourth-order valence-electron chi connectivity index (χ4n) is 9.25. The van der Waals surface area contributed by atoms with Gasteiger partial charge in [0.25, 0.3) is 17.1 Å². The first-order valence-corrected chi connectivity index (χ1v) is 32.1. The highest BCUT2D eigenvalue weighted by Crippen LogP contribution is 2.26. The second-order valence-electron chi connectivity index (χ2n) is 20.3. The molecule has 0 unspecified atom stereocenters. The number of rotatable bonds is 20. The van der Waals surface area contributed by atoms with E-state index in [1.165, 1.54) is 55.2 Å². The minimum Gasteiger partial charge on any atom is -0.399 e. The molecule has 484 valence electrons. The van der Waals surface area contributed by atoms with Crippen LogP contribution in [0.15, 0.2) is 97.1 Å². The lowest BCUT2D eigenvalue weighted by atomic mass is 10.2. The Kier molecular flexibility index (Phi) is 37.5. The van der Waals surface area contributed by atoms with Gasteiger partial charge in [-0.1, -0.05) is 7.43 Å². The number of anilines is 5. The number of likely N-dealkylation sites (N-methyl/N-ethyl adjacent to an activating group) is 2. The number of nitro groups is 3. The van der Waals surface area contributed by atoms with Gasteiger partial charge in [0.1, 0.15) is 29.5 Å². The predicted octanol–water partition coefficient (Wildman–Crippen LogP) is 6.14. The highest BCUT2D eigenvalue weighted by atomic mass is 32.2. The van der Waals surface area contributed by atoms with Crippen molar-refractivity contribution >= 4 is 129 Å². The number of nitrogens with one attached hydrogen (secondary N) is 3. The molecule has 0 amide bonds. The van der Waals surface area contributed by atoms with Crippen LogP contribution in [0, 0.1) is 30.3 Å². The number of nitrogens with zero attached hydrogens (tertiary/aromatic N) is 8. The van der Waals surface area contributed by atoms with Crippen LogP contribution < -0.4 is 31.5 Å². The van der Waals surface area contributed by atoms with Crippen LogP contribution in [0.3, 0.4) is 0 Å². The van der Waals surface area contributed by atoms with Gasteiger partial charge in [0.2, 0.25) is 0 Å². The van der Waals surface area contributed by atoms with E-state index in [0.29, 0.717) is 37.8 Å². The summed E-state index contributed by atoms with van der Waals surface area (Å²) in [6.45, 7) is 8.93. The number of halogens is 1. The Labute approximate surface area is 531 Å². The first kappa shape index (κ1) is 80.1. The second-order valence-corrected chi connectivity index (χ2v) is 27.1. The SMILES string of the molecule is C.CN(c1ccc(N)cc1)[C@H]1CCN(CCS(C)(=O)=O)C1.CN(c1ccc([N+](=O)[O-])cc1)[C@H]1CCN(CCS(C)(=O)=O)C1.CS(=O)(=O)CCN1CC[C@H](Nc2ccc([N+](=O)[O-])cc2)C1.O=[N+]([O-])c1ccc(N[C@H]2CCNC2)cc1.S.S.S.S.[2H]CF. The largest absolute Gasteiger partial charge is 0.399 e. The summed E-state index contributed by atoms with van der Waals surface area (Å²) < 4.78 is 82.7. The van der Waals surface area contributed by atoms with Gasteiger partial charge in [-0.25, -0.2) is 25.3 Å². The van der Waals surface area contributed by atoms with Gasteiger partial charge in [-0.2, -0.15) is 54.0 Å². The molecule has 0 radical (unpaired) electrons. The molecule has 4 fully saturated rings. The van der Waals surface area contributed by atoms with Gasteiger partial charge < -0.3 is 46.2 Å². The van der Waals surface area contributed by atoms with Crippen molar-refractivity contribution in [1.29, 1.82) is 0 Å². The Morgan fingerprint density at radius 3 is 1.21 bits per heavy atom. The second kappa shape index (κ2) is 39.8. The van der Waals surface area contributed by atoms with Crippen LogP contribution in [-0.4, -0.2) is 208 Å². The topological polar surface area (TPSA) is 310 Å². The molecule has 0 aliphatic carbocycles. The van der Waals surface area contributed by atoms with E-state index in [1.54, 1.807) is 36.4 Å². The molecule has 0 bridgehead atoms. The molecule has 4 aliphatic rings. The maximum atomic E-state index is 11.2. The summed E-state index contributed by atoms with van der Waals surface area (Å²) in [6.07, 6.45) is 7.83. The van der Waals surface area contributed by atoms with Crippen LogP contribution in [0.4, 0.5) is 49.9 Å². The number of nitrogen functional groups attached to an aromatic ring is 1. The fourth-order valence-corrected chi connectivity index (χ4v) is 11.0. The molecule has 0 spiro atoms. The Morgan fingerprint density at radius 2 is 0.882 bits per heavy atom. The number of nitrogens with two attached hydrogens (primary N) is 1. The van der Waals surface area contributed by atoms with Gasteiger partial charge in [0.05, 0.1) is 40.6 Å². The number of benzene rings is 4. The van der Waals surface area contributed by atoms with Crippen LogP contribution in [0.25, 0.3) is 0 Å². The molecule has 4 atom stereocenters. The normalized spacial score (nSPS) is 18.4. The molecule has 8 rings (SSSR count). The van der Waals surface area contributed by atoms with Crippen LogP contribution >= 0.6 is 54.0 Å². The summed E-state index contributed by atoms with van der Waals surface area (Å²) >= 11 is 0. The van der Waals surface area contributed by atoms with Crippen LogP contribution in [0.1, 0.15) is 34.5 Å². The van der Waals surface area contributed by atoms with Crippen molar-refractivity contribution in [2.45, 2.75) is 57.3 Å². The van der Waals surface area contributed by atoms with E-state index in [0.717, 1.165) is 106 Å². The van der Waals surface area contributed by atoms with Crippen molar-refractivity contribution in [1.82, 2.24) is 20.0 Å². The van der Waals surface area contributed by atoms with Crippen LogP contribution in [0.2, 0.25) is 0 Å². The predicted molar refractivity (Wildman–Crippen MR) is 364 cm³/mol. The van der Waals surface area contributed by atoms with Crippen LogP contribution in [0.5, 0.6) is 0 Å². The summed E-state index contributed by atoms with van der Waals surface area (Å²) in [7, 11) is -5.69. The summed E-state index contributed by atoms with van der Waals surface area (Å²) in [6, 6.07) is 28.6. The molecule has 4 aromatic carbocycles. The molecule has 4 saturated heterocycles. The van der Waals surface area contributed by atoms with Gasteiger partial charge in [-0.15, -0.1) is 0 Å². The van der Waals surface area contributed by atoms with Gasteiger partial charge in [0.15, 0.2) is 0 Å². The average molecular weight is 1330 g/mol. The van der Waals surface area contributed by atoms with E-state index in [1.807, 2.05) is 31.3 Å². The standard InChI is InChI=1S/C14H21N3O4S.C14H23N3O2S.C13H19N3O4S.C10H13N3O2.CH3F.CH4.4H2S/c1-15(12-3-5-13(6-4-12)17(18)19)14-7-8-16(11-14)9-10-22(2,20)21;1-16(13-5-3-12(15)4-6-13)14-7-8-17(11-14)9-10-20(2,18)19;1-21(19,20)9-8-15-7-6-12(10-15)14-11-2-4-13(5-3-11)16(17)18;14-13(15)10-3-1-8(2-4-10)12-9-5-6-11-7-9;1-2;;;;;/h3-6,14H,7-11H2,1-2H3;3-6,14H,7-11,15H2,1-2H3;2-5,12,14H,6-10H2,1H3;1-4,9,11-12H,5-7H2;1H3;1H4;4*1H2/t2*14-;12-;9-;;;;;;/m0000....../s1/i;;;;1D;;;;;. The van der Waals surface area contributed by atoms with E-state index in [-0.39, 0.29) is 107 Å². The first-order valence-electron chi connectivity index (χ1n) is 26.7. The van der Waals surface area contributed by atoms with Crippen molar-refractivity contribution in [3.63, 3.8) is 0 Å². The molecule has 5 N–H and O–H groups in total. The van der Waals surface area contributed by atoms with E-state index in [4.69, 9.17) is 7.10 Å². The quantitative estimate of drug-likeness (QED) is 0.0438. The van der Waals surface area contributed by atoms with Crippen molar-refractivity contribution in [3.8, 4) is 0 Å². The average Bonchev–Trinajstić information content (AvgIpc) is 4.39. The monoisotopic (exact) mass is 1330 g/mol. The lowest BCUT2D eigenvalue weighted by Gasteiger charge is -2.27. The van der Waals surface area contributed by atoms with E-state index >= 15 is 0 Å². The minimum absolute atomic E-state index is 0. The van der Waals surface area contributed by atoms with Crippen LogP contribution in [-0.2, 0) is 29.5 Å². The molecule has 0 aromatic heterocycles. The van der Waals surface area contributed by atoms with Gasteiger partial charge in [0, 0.05) is 187 Å². The summed E-state index contributed by atoms with van der Waals surface area (Å²) in [5.74, 6) is 0.601. The molecule has 0 saturated carbocycles. The number of likely N-dealkylation sites (tertiary alicyclic amines) is 3. The maximum Gasteiger partial charge on any atom is 0.269 e. The number of nitro benzene ring substituents is 3. The van der Waals surface area contributed by atoms with Crippen molar-refractivity contribution < 1.29 is 45.8 Å². The lowest BCUT2D eigenvalue weighted by molar-refractivity contribution is -0.385. The molecular formula is C53H91FN12O12S7. The zero-order valence-corrected chi connectivity index (χ0v) is 54.6. The molecule has 4 aliphatic heterocycles. The van der Waals surface area contributed by atoms with E-state index < -0.39 is 46.5 Å². The first-order chi connectivity index (χ1) is 38.1. The molecule has 4 heterocycles. The summed E-state index contributed by atoms with van der Waals surface area (Å²) in [5.41, 5.74) is 10.6. The van der Waals surface area contributed by atoms with Crippen molar-refractivity contribution in [3.05, 3.63) is 127 Å². The Bertz CT molecular complexity index is 2950. The smallest absolute Gasteiger partial charge is 0.269 e. The van der Waals surface area contributed by atoms with Gasteiger partial charge >= 0.3 is 0 Å². The maximum absolute atomic E-state index is 11.2. The third kappa shape index (κ3) is 31.0. The van der Waals surface area contributed by atoms with Gasteiger partial charge in [-0.3, -0.25) is 34.7 Å². The van der Waals surface area contributed by atoms with Crippen molar-refractivity contribution in [2.75, 3.05) is 155 Å².